The summed E-state index contributed by atoms with van der Waals surface area (Å²) in [5.74, 6) is -1.07. The Morgan fingerprint density at radius 1 is 1.32 bits per heavy atom. The quantitative estimate of drug-likeness (QED) is 0.858. The number of carbonyl (C=O) groups excluding carboxylic acids is 1. The van der Waals surface area contributed by atoms with Gasteiger partial charge in [0.1, 0.15) is 11.9 Å². The molecule has 0 radical (unpaired) electrons. The summed E-state index contributed by atoms with van der Waals surface area (Å²) in [6.07, 6.45) is -4.58. The van der Waals surface area contributed by atoms with Crippen molar-refractivity contribution in [2.24, 2.45) is 0 Å². The second-order valence-electron chi connectivity index (χ2n) is 6.88. The SMILES string of the molecule is Cc1nnc2n1CC(C(=O)O)N(C(=O)CC(C)c1cccc(C(F)(F)F)c1)C2. The van der Waals surface area contributed by atoms with Crippen molar-refractivity contribution in [3.05, 3.63) is 47.0 Å². The van der Waals surface area contributed by atoms with Crippen molar-refractivity contribution in [1.29, 1.82) is 0 Å². The first-order valence-electron chi connectivity index (χ1n) is 8.66. The van der Waals surface area contributed by atoms with Gasteiger partial charge in [0.05, 0.1) is 18.7 Å². The fourth-order valence-corrected chi connectivity index (χ4v) is 3.31. The maximum atomic E-state index is 12.9. The molecular formula is C18H19F3N4O3. The van der Waals surface area contributed by atoms with E-state index >= 15 is 0 Å². The molecule has 2 heterocycles. The fourth-order valence-electron chi connectivity index (χ4n) is 3.31. The Morgan fingerprint density at radius 3 is 2.68 bits per heavy atom. The van der Waals surface area contributed by atoms with Gasteiger partial charge in [-0.15, -0.1) is 10.2 Å². The Morgan fingerprint density at radius 2 is 2.04 bits per heavy atom. The molecule has 7 nitrogen and oxygen atoms in total. The molecule has 150 valence electrons. The number of rotatable bonds is 4. The van der Waals surface area contributed by atoms with Crippen molar-refractivity contribution in [1.82, 2.24) is 19.7 Å². The van der Waals surface area contributed by atoms with Crippen LogP contribution in [0.3, 0.4) is 0 Å². The predicted octanol–water partition coefficient (Wildman–Crippen LogP) is 2.59. The molecule has 0 aliphatic carbocycles. The maximum Gasteiger partial charge on any atom is 0.416 e. The number of aryl methyl sites for hydroxylation is 1. The average Bonchev–Trinajstić information content (AvgIpc) is 3.00. The van der Waals surface area contributed by atoms with E-state index in [2.05, 4.69) is 10.2 Å². The number of nitrogens with zero attached hydrogens (tertiary/aromatic N) is 4. The number of carboxylic acid groups (broad SMARTS) is 1. The summed E-state index contributed by atoms with van der Waals surface area (Å²) in [6, 6.07) is 3.73. The third-order valence-electron chi connectivity index (χ3n) is 4.93. The Kier molecular flexibility index (Phi) is 5.14. The second-order valence-corrected chi connectivity index (χ2v) is 6.88. The van der Waals surface area contributed by atoms with Crippen LogP contribution in [-0.2, 0) is 28.9 Å². The molecule has 0 saturated carbocycles. The Bertz CT molecular complexity index is 910. The summed E-state index contributed by atoms with van der Waals surface area (Å²) in [5, 5.41) is 17.4. The number of hydrogen-bond acceptors (Lipinski definition) is 4. The van der Waals surface area contributed by atoms with Gasteiger partial charge in [0.2, 0.25) is 5.91 Å². The zero-order chi connectivity index (χ0) is 20.6. The zero-order valence-corrected chi connectivity index (χ0v) is 15.3. The molecule has 0 spiro atoms. The Labute approximate surface area is 158 Å². The maximum absolute atomic E-state index is 12.9. The van der Waals surface area contributed by atoms with Gasteiger partial charge < -0.3 is 14.6 Å². The monoisotopic (exact) mass is 396 g/mol. The van der Waals surface area contributed by atoms with Gasteiger partial charge >= 0.3 is 12.1 Å². The summed E-state index contributed by atoms with van der Waals surface area (Å²) in [6.45, 7) is 3.36. The molecule has 0 fully saturated rings. The highest BCUT2D eigenvalue weighted by molar-refractivity contribution is 5.84. The molecule has 2 atom stereocenters. The van der Waals surface area contributed by atoms with E-state index in [1.165, 1.54) is 17.0 Å². The van der Waals surface area contributed by atoms with Crippen LogP contribution in [-0.4, -0.2) is 42.7 Å². The lowest BCUT2D eigenvalue weighted by Gasteiger charge is -2.34. The van der Waals surface area contributed by atoms with E-state index in [0.717, 1.165) is 12.1 Å². The van der Waals surface area contributed by atoms with Gasteiger partial charge in [0.25, 0.3) is 0 Å². The van der Waals surface area contributed by atoms with Crippen LogP contribution in [0.2, 0.25) is 0 Å². The van der Waals surface area contributed by atoms with Gasteiger partial charge in [0, 0.05) is 6.42 Å². The zero-order valence-electron chi connectivity index (χ0n) is 15.3. The molecule has 1 aromatic carbocycles. The molecule has 3 rings (SSSR count). The van der Waals surface area contributed by atoms with Crippen molar-refractivity contribution in [2.45, 2.75) is 51.5 Å². The minimum absolute atomic E-state index is 0.00799. The number of alkyl halides is 3. The van der Waals surface area contributed by atoms with Crippen molar-refractivity contribution >= 4 is 11.9 Å². The number of amides is 1. The molecule has 2 aromatic rings. The summed E-state index contributed by atoms with van der Waals surface area (Å²) in [5.41, 5.74) is -0.416. The lowest BCUT2D eigenvalue weighted by Crippen LogP contribution is -2.51. The van der Waals surface area contributed by atoms with Gasteiger partial charge in [-0.1, -0.05) is 25.1 Å². The van der Waals surface area contributed by atoms with Crippen LogP contribution < -0.4 is 0 Å². The highest BCUT2D eigenvalue weighted by Gasteiger charge is 2.37. The first-order chi connectivity index (χ1) is 13.1. The number of hydrogen-bond donors (Lipinski definition) is 1. The van der Waals surface area contributed by atoms with E-state index in [0.29, 0.717) is 17.2 Å². The molecule has 1 aliphatic rings. The topological polar surface area (TPSA) is 88.3 Å². The Balaban J connectivity index is 1.79. The smallest absolute Gasteiger partial charge is 0.416 e. The van der Waals surface area contributed by atoms with Crippen molar-refractivity contribution in [3.63, 3.8) is 0 Å². The van der Waals surface area contributed by atoms with Gasteiger partial charge in [-0.05, 0) is 24.5 Å². The van der Waals surface area contributed by atoms with Crippen LogP contribution >= 0.6 is 0 Å². The van der Waals surface area contributed by atoms with E-state index in [9.17, 15) is 27.9 Å². The predicted molar refractivity (Wildman–Crippen MR) is 91.2 cm³/mol. The summed E-state index contributed by atoms with van der Waals surface area (Å²) in [4.78, 5) is 25.6. The fraction of sp³-hybridized carbons (Fsp3) is 0.444. The molecule has 10 heteroatoms. The minimum Gasteiger partial charge on any atom is -0.480 e. The summed E-state index contributed by atoms with van der Waals surface area (Å²) < 4.78 is 40.4. The van der Waals surface area contributed by atoms with Crippen LogP contribution in [0.1, 0.15) is 42.0 Å². The molecule has 1 N–H and O–H groups in total. The van der Waals surface area contributed by atoms with Crippen LogP contribution in [0.25, 0.3) is 0 Å². The first kappa shape index (κ1) is 19.8. The number of carbonyl (C=O) groups is 2. The molecule has 1 aromatic heterocycles. The van der Waals surface area contributed by atoms with Gasteiger partial charge in [-0.2, -0.15) is 13.2 Å². The lowest BCUT2D eigenvalue weighted by molar-refractivity contribution is -0.153. The Hall–Kier alpha value is -2.91. The normalized spacial score (nSPS) is 17.9. The lowest BCUT2D eigenvalue weighted by atomic mass is 9.95. The van der Waals surface area contributed by atoms with Gasteiger partial charge in [-0.3, -0.25) is 4.79 Å². The molecule has 28 heavy (non-hydrogen) atoms. The van der Waals surface area contributed by atoms with Crippen LogP contribution in [0, 0.1) is 6.92 Å². The summed E-state index contributed by atoms with van der Waals surface area (Å²) >= 11 is 0. The molecule has 2 unspecified atom stereocenters. The number of benzene rings is 1. The third-order valence-corrected chi connectivity index (χ3v) is 4.93. The van der Waals surface area contributed by atoms with Crippen LogP contribution in [0.15, 0.2) is 24.3 Å². The number of aliphatic carboxylic acids is 1. The van der Waals surface area contributed by atoms with Crippen molar-refractivity contribution in [3.8, 4) is 0 Å². The van der Waals surface area contributed by atoms with Crippen LogP contribution in [0.5, 0.6) is 0 Å². The highest BCUT2D eigenvalue weighted by Crippen LogP contribution is 2.32. The molecule has 0 bridgehead atoms. The minimum atomic E-state index is -4.47. The summed E-state index contributed by atoms with van der Waals surface area (Å²) in [7, 11) is 0. The number of aromatic nitrogens is 3. The van der Waals surface area contributed by atoms with E-state index in [1.54, 1.807) is 18.4 Å². The average molecular weight is 396 g/mol. The third kappa shape index (κ3) is 3.85. The van der Waals surface area contributed by atoms with Crippen LogP contribution in [0.4, 0.5) is 13.2 Å². The largest absolute Gasteiger partial charge is 0.480 e. The highest BCUT2D eigenvalue weighted by atomic mass is 19.4. The standard InChI is InChI=1S/C18H19F3N4O3/c1-10(12-4-3-5-13(7-12)18(19,20)21)6-16(26)25-9-15-23-22-11(2)24(15)8-14(25)17(27)28/h3-5,7,10,14H,6,8-9H2,1-2H3,(H,27,28). The number of carboxylic acids is 1. The van der Waals surface area contributed by atoms with E-state index in [-0.39, 0.29) is 19.5 Å². The number of halogens is 3. The molecular weight excluding hydrogens is 377 g/mol. The van der Waals surface area contributed by atoms with Crippen molar-refractivity contribution < 1.29 is 27.9 Å². The molecule has 0 saturated heterocycles. The van der Waals surface area contributed by atoms with Crippen molar-refractivity contribution in [2.75, 3.05) is 0 Å². The second kappa shape index (κ2) is 7.25. The van der Waals surface area contributed by atoms with E-state index in [1.807, 2.05) is 0 Å². The first-order valence-corrected chi connectivity index (χ1v) is 8.66. The number of fused-ring (bicyclic) bond motifs is 1. The molecule has 1 amide bonds. The van der Waals surface area contributed by atoms with E-state index < -0.39 is 35.6 Å². The van der Waals surface area contributed by atoms with Gasteiger partial charge in [-0.25, -0.2) is 4.79 Å². The van der Waals surface area contributed by atoms with E-state index in [4.69, 9.17) is 0 Å². The molecule has 1 aliphatic heterocycles. The van der Waals surface area contributed by atoms with Gasteiger partial charge in [0.15, 0.2) is 5.82 Å².